The highest BCUT2D eigenvalue weighted by atomic mass is 32.2. The van der Waals surface area contributed by atoms with Gasteiger partial charge in [-0.15, -0.1) is 0 Å². The number of carbonyl (C=O) groups excluding carboxylic acids is 3. The summed E-state index contributed by atoms with van der Waals surface area (Å²) in [6.45, 7) is -0.282. The quantitative estimate of drug-likeness (QED) is 0.280. The molecule has 4 rings (SSSR count). The first kappa shape index (κ1) is 23.3. The Labute approximate surface area is 196 Å². The first-order chi connectivity index (χ1) is 16.2. The van der Waals surface area contributed by atoms with E-state index in [4.69, 9.17) is 4.74 Å². The van der Waals surface area contributed by atoms with Crippen molar-refractivity contribution in [2.24, 2.45) is 0 Å². The topological polar surface area (TPSA) is 79.8 Å². The molecular formula is C23H16F3N3O4S. The summed E-state index contributed by atoms with van der Waals surface area (Å²) in [7, 11) is 0. The number of hydrogen-bond donors (Lipinski definition) is 0. The second-order valence-electron chi connectivity index (χ2n) is 7.15. The summed E-state index contributed by atoms with van der Waals surface area (Å²) in [5.74, 6) is -0.987. The average molecular weight is 487 g/mol. The molecular weight excluding hydrogens is 471 g/mol. The fourth-order valence-electron chi connectivity index (χ4n) is 3.29. The van der Waals surface area contributed by atoms with Gasteiger partial charge in [0.1, 0.15) is 6.54 Å². The zero-order valence-corrected chi connectivity index (χ0v) is 18.2. The van der Waals surface area contributed by atoms with Crippen LogP contribution >= 0.6 is 11.8 Å². The first-order valence-electron chi connectivity index (χ1n) is 9.89. The number of anilines is 1. The van der Waals surface area contributed by atoms with E-state index in [1.54, 1.807) is 36.4 Å². The van der Waals surface area contributed by atoms with E-state index in [1.165, 1.54) is 41.6 Å². The molecule has 3 aromatic rings. The van der Waals surface area contributed by atoms with E-state index in [-0.39, 0.29) is 41.2 Å². The number of aromatic nitrogens is 1. The highest BCUT2D eigenvalue weighted by molar-refractivity contribution is 8.00. The molecule has 2 aromatic carbocycles. The van der Waals surface area contributed by atoms with E-state index in [1.807, 2.05) is 0 Å². The molecule has 0 N–H and O–H groups in total. The molecule has 7 nitrogen and oxygen atoms in total. The number of esters is 1. The standard InChI is InChI=1S/C23H16F3N3O4S/c24-23(25,26)34-18-8-6-17(7-9-18)29-20(30)14-28(22(29)32)13-16-10-11-27-12-19(16)33-21(31)15-4-2-1-3-5-15/h1-12H,13-14H2. The zero-order valence-electron chi connectivity index (χ0n) is 17.4. The summed E-state index contributed by atoms with van der Waals surface area (Å²) in [6.07, 6.45) is 2.81. The molecule has 0 unspecified atom stereocenters. The third kappa shape index (κ3) is 5.37. The molecule has 34 heavy (non-hydrogen) atoms. The van der Waals surface area contributed by atoms with Crippen LogP contribution in [0.2, 0.25) is 0 Å². The largest absolute Gasteiger partial charge is 0.446 e. The summed E-state index contributed by atoms with van der Waals surface area (Å²) < 4.78 is 43.0. The molecule has 1 fully saturated rings. The number of amides is 3. The van der Waals surface area contributed by atoms with Gasteiger partial charge in [-0.1, -0.05) is 18.2 Å². The number of ether oxygens (including phenoxy) is 1. The van der Waals surface area contributed by atoms with E-state index in [0.717, 1.165) is 4.90 Å². The van der Waals surface area contributed by atoms with Crippen LogP contribution in [0.5, 0.6) is 5.75 Å². The third-order valence-electron chi connectivity index (χ3n) is 4.81. The Balaban J connectivity index is 1.48. The molecule has 174 valence electrons. The Morgan fingerprint density at radius 1 is 1.03 bits per heavy atom. The molecule has 1 aliphatic rings. The number of nitrogens with zero attached hydrogens (tertiary/aromatic N) is 3. The Bertz CT molecular complexity index is 1220. The Kier molecular flexibility index (Phi) is 6.55. The maximum Gasteiger partial charge on any atom is 0.446 e. The molecule has 2 heterocycles. The van der Waals surface area contributed by atoms with Crippen LogP contribution < -0.4 is 9.64 Å². The van der Waals surface area contributed by atoms with Crippen LogP contribution in [0.1, 0.15) is 15.9 Å². The van der Waals surface area contributed by atoms with Crippen LogP contribution in [0, 0.1) is 0 Å². The fraction of sp³-hybridized carbons (Fsp3) is 0.130. The summed E-state index contributed by atoms with van der Waals surface area (Å²) in [6, 6.07) is 14.2. The normalized spacial score (nSPS) is 14.0. The molecule has 11 heteroatoms. The van der Waals surface area contributed by atoms with Gasteiger partial charge >= 0.3 is 17.5 Å². The van der Waals surface area contributed by atoms with Crippen LogP contribution in [0.4, 0.5) is 23.7 Å². The number of imide groups is 1. The van der Waals surface area contributed by atoms with Gasteiger partial charge in [0.15, 0.2) is 5.75 Å². The predicted molar refractivity (Wildman–Crippen MR) is 117 cm³/mol. The number of benzene rings is 2. The summed E-state index contributed by atoms with van der Waals surface area (Å²) >= 11 is -0.286. The minimum Gasteiger partial charge on any atom is -0.421 e. The van der Waals surface area contributed by atoms with E-state index < -0.39 is 23.4 Å². The van der Waals surface area contributed by atoms with E-state index in [0.29, 0.717) is 11.1 Å². The Hall–Kier alpha value is -3.86. The van der Waals surface area contributed by atoms with Gasteiger partial charge in [-0.05, 0) is 54.2 Å². The van der Waals surface area contributed by atoms with Crippen molar-refractivity contribution in [1.82, 2.24) is 9.88 Å². The lowest BCUT2D eigenvalue weighted by atomic mass is 10.2. The molecule has 0 aliphatic carbocycles. The highest BCUT2D eigenvalue weighted by Gasteiger charge is 2.37. The molecule has 1 aromatic heterocycles. The van der Waals surface area contributed by atoms with Crippen molar-refractivity contribution in [3.63, 3.8) is 0 Å². The number of urea groups is 1. The number of pyridine rings is 1. The van der Waals surface area contributed by atoms with Crippen molar-refractivity contribution in [1.29, 1.82) is 0 Å². The van der Waals surface area contributed by atoms with Gasteiger partial charge in [0.2, 0.25) is 0 Å². The number of thioether (sulfide) groups is 1. The second kappa shape index (κ2) is 9.56. The van der Waals surface area contributed by atoms with Crippen molar-refractivity contribution in [2.45, 2.75) is 16.9 Å². The Morgan fingerprint density at radius 2 is 1.74 bits per heavy atom. The van der Waals surface area contributed by atoms with Crippen LogP contribution in [0.15, 0.2) is 78.0 Å². The van der Waals surface area contributed by atoms with Gasteiger partial charge in [0.05, 0.1) is 24.0 Å². The molecule has 1 aliphatic heterocycles. The van der Waals surface area contributed by atoms with E-state index >= 15 is 0 Å². The van der Waals surface area contributed by atoms with E-state index in [9.17, 15) is 27.6 Å². The summed E-state index contributed by atoms with van der Waals surface area (Å²) in [5, 5.41) is 0. The third-order valence-corrected chi connectivity index (χ3v) is 5.55. The lowest BCUT2D eigenvalue weighted by molar-refractivity contribution is -0.116. The maximum atomic E-state index is 12.9. The first-order valence-corrected chi connectivity index (χ1v) is 10.7. The van der Waals surface area contributed by atoms with Gasteiger partial charge < -0.3 is 9.64 Å². The number of halogens is 3. The van der Waals surface area contributed by atoms with Gasteiger partial charge in [0.25, 0.3) is 5.91 Å². The summed E-state index contributed by atoms with van der Waals surface area (Å²) in [4.78, 5) is 43.9. The van der Waals surface area contributed by atoms with Crippen LogP contribution in [-0.4, -0.2) is 39.8 Å². The van der Waals surface area contributed by atoms with Gasteiger partial charge in [0, 0.05) is 16.7 Å². The van der Waals surface area contributed by atoms with Crippen molar-refractivity contribution < 1.29 is 32.3 Å². The number of alkyl halides is 3. The predicted octanol–water partition coefficient (Wildman–Crippen LogP) is 4.88. The minimum atomic E-state index is -4.44. The monoisotopic (exact) mass is 487 g/mol. The molecule has 0 saturated carbocycles. The molecule has 0 bridgehead atoms. The van der Waals surface area contributed by atoms with Crippen molar-refractivity contribution in [3.8, 4) is 5.75 Å². The minimum absolute atomic E-state index is 0.0387. The second-order valence-corrected chi connectivity index (χ2v) is 8.29. The number of rotatable bonds is 6. The number of carbonyl (C=O) groups is 3. The van der Waals surface area contributed by atoms with Gasteiger partial charge in [-0.25, -0.2) is 14.5 Å². The van der Waals surface area contributed by atoms with E-state index in [2.05, 4.69) is 4.98 Å². The van der Waals surface area contributed by atoms with Crippen LogP contribution in [-0.2, 0) is 11.3 Å². The fourth-order valence-corrected chi connectivity index (χ4v) is 3.83. The molecule has 1 saturated heterocycles. The Morgan fingerprint density at radius 3 is 2.41 bits per heavy atom. The molecule has 0 radical (unpaired) electrons. The molecule has 0 atom stereocenters. The average Bonchev–Trinajstić information content (AvgIpc) is 3.08. The lowest BCUT2D eigenvalue weighted by Gasteiger charge is -2.18. The highest BCUT2D eigenvalue weighted by Crippen LogP contribution is 2.37. The van der Waals surface area contributed by atoms with Crippen molar-refractivity contribution >= 4 is 35.4 Å². The number of hydrogen-bond acceptors (Lipinski definition) is 6. The maximum absolute atomic E-state index is 12.9. The van der Waals surface area contributed by atoms with Gasteiger partial charge in [-0.3, -0.25) is 9.78 Å². The SMILES string of the molecule is O=C(Oc1cnccc1CN1CC(=O)N(c2ccc(SC(F)(F)F)cc2)C1=O)c1ccccc1. The zero-order chi connectivity index (χ0) is 24.3. The molecule has 0 spiro atoms. The summed E-state index contributed by atoms with van der Waals surface area (Å²) in [5.41, 5.74) is -3.49. The smallest absolute Gasteiger partial charge is 0.421 e. The van der Waals surface area contributed by atoms with Crippen molar-refractivity contribution in [3.05, 3.63) is 84.2 Å². The van der Waals surface area contributed by atoms with Crippen LogP contribution in [0.25, 0.3) is 0 Å². The van der Waals surface area contributed by atoms with Crippen molar-refractivity contribution in [2.75, 3.05) is 11.4 Å². The lowest BCUT2D eigenvalue weighted by Crippen LogP contribution is -2.32. The van der Waals surface area contributed by atoms with Crippen LogP contribution in [0.3, 0.4) is 0 Å². The van der Waals surface area contributed by atoms with Gasteiger partial charge in [-0.2, -0.15) is 13.2 Å². The molecule has 3 amide bonds.